The van der Waals surface area contributed by atoms with Crippen molar-refractivity contribution in [3.05, 3.63) is 17.0 Å². The van der Waals surface area contributed by atoms with E-state index in [0.717, 1.165) is 6.42 Å². The summed E-state index contributed by atoms with van der Waals surface area (Å²) in [6.45, 7) is 6.26. The number of rotatable bonds is 2. The van der Waals surface area contributed by atoms with Crippen LogP contribution in [0.3, 0.4) is 0 Å². The van der Waals surface area contributed by atoms with Crippen LogP contribution < -0.4 is 4.90 Å². The quantitative estimate of drug-likeness (QED) is 0.829. The van der Waals surface area contributed by atoms with Crippen molar-refractivity contribution in [1.29, 1.82) is 5.26 Å². The molecule has 1 aromatic rings. The lowest BCUT2D eigenvalue weighted by molar-refractivity contribution is -0.135. The van der Waals surface area contributed by atoms with Crippen LogP contribution in [0.4, 0.5) is 5.82 Å². The van der Waals surface area contributed by atoms with Gasteiger partial charge in [0.1, 0.15) is 11.9 Å². The number of nitriles is 1. The molecule has 0 N–H and O–H groups in total. The molecule has 1 saturated carbocycles. The Morgan fingerprint density at radius 3 is 2.73 bits per heavy atom. The van der Waals surface area contributed by atoms with Crippen molar-refractivity contribution >= 4 is 23.3 Å². The van der Waals surface area contributed by atoms with Gasteiger partial charge in [-0.3, -0.25) is 4.79 Å². The Morgan fingerprint density at radius 1 is 1.45 bits per heavy atom. The molecule has 0 spiro atoms. The number of hydrogen-bond acceptors (Lipinski definition) is 5. The molecule has 116 valence electrons. The van der Waals surface area contributed by atoms with E-state index >= 15 is 0 Å². The molecule has 1 saturated heterocycles. The van der Waals surface area contributed by atoms with Gasteiger partial charge < -0.3 is 9.80 Å². The van der Waals surface area contributed by atoms with Gasteiger partial charge in [0.15, 0.2) is 10.8 Å². The van der Waals surface area contributed by atoms with Gasteiger partial charge in [0.2, 0.25) is 5.91 Å². The van der Waals surface area contributed by atoms with Crippen LogP contribution in [0.25, 0.3) is 0 Å². The molecule has 7 heteroatoms. The molecule has 2 aliphatic rings. The van der Waals surface area contributed by atoms with Gasteiger partial charge in [0.25, 0.3) is 0 Å². The van der Waals surface area contributed by atoms with E-state index in [1.165, 1.54) is 0 Å². The number of amides is 1. The Hall–Kier alpha value is -1.87. The monoisotopic (exact) mass is 319 g/mol. The predicted molar refractivity (Wildman–Crippen MR) is 82.4 cm³/mol. The lowest BCUT2D eigenvalue weighted by atomic mass is 10.1. The number of hydrogen-bond donors (Lipinski definition) is 0. The summed E-state index contributed by atoms with van der Waals surface area (Å²) in [5, 5.41) is 8.97. The molecule has 1 unspecified atom stereocenters. The van der Waals surface area contributed by atoms with Gasteiger partial charge in [0.05, 0.1) is 6.20 Å². The summed E-state index contributed by atoms with van der Waals surface area (Å²) in [7, 11) is 0. The lowest BCUT2D eigenvalue weighted by Gasteiger charge is -2.40. The van der Waals surface area contributed by atoms with E-state index in [0.29, 0.717) is 31.4 Å². The normalized spacial score (nSPS) is 27.5. The highest BCUT2D eigenvalue weighted by Gasteiger charge is 2.43. The van der Waals surface area contributed by atoms with Gasteiger partial charge in [-0.05, 0) is 19.3 Å². The summed E-state index contributed by atoms with van der Waals surface area (Å²) in [5.41, 5.74) is 0.134. The number of anilines is 1. The standard InChI is InChI=1S/C15H18ClN5O/c1-9-5-11(9)15(22)21-4-3-20(8-10(21)2)13-7-18-12(6-17)14(16)19-13/h7,9-11H,3-5,8H2,1-2H3/t9-,10?,11-/m1/s1. The molecule has 6 nitrogen and oxygen atoms in total. The molecule has 1 aliphatic heterocycles. The second kappa shape index (κ2) is 5.73. The Morgan fingerprint density at radius 2 is 2.18 bits per heavy atom. The highest BCUT2D eigenvalue weighted by Crippen LogP contribution is 2.39. The molecular formula is C15H18ClN5O. The largest absolute Gasteiger partial charge is 0.351 e. The molecule has 0 bridgehead atoms. The van der Waals surface area contributed by atoms with E-state index in [4.69, 9.17) is 16.9 Å². The Bertz CT molecular complexity index is 643. The molecule has 2 fully saturated rings. The van der Waals surface area contributed by atoms with E-state index < -0.39 is 0 Å². The highest BCUT2D eigenvalue weighted by atomic mass is 35.5. The maximum Gasteiger partial charge on any atom is 0.226 e. The molecule has 2 heterocycles. The zero-order valence-electron chi connectivity index (χ0n) is 12.7. The second-order valence-corrected chi connectivity index (χ2v) is 6.48. The fourth-order valence-electron chi connectivity index (χ4n) is 2.96. The predicted octanol–water partition coefficient (Wildman–Crippen LogP) is 1.69. The first-order valence-corrected chi connectivity index (χ1v) is 7.87. The SMILES string of the molecule is CC1CN(c2cnc(C#N)c(Cl)n2)CCN1C(=O)[C@@H]1C[C@H]1C. The fraction of sp³-hybridized carbons (Fsp3) is 0.600. The molecule has 3 atom stereocenters. The summed E-state index contributed by atoms with van der Waals surface area (Å²) < 4.78 is 0. The number of carbonyl (C=O) groups excluding carboxylic acids is 1. The average molecular weight is 320 g/mol. The van der Waals surface area contributed by atoms with Crippen molar-refractivity contribution in [3.8, 4) is 6.07 Å². The third-order valence-electron chi connectivity index (χ3n) is 4.48. The second-order valence-electron chi connectivity index (χ2n) is 6.13. The molecule has 0 aromatic carbocycles. The summed E-state index contributed by atoms with van der Waals surface area (Å²) in [6, 6.07) is 2.03. The minimum absolute atomic E-state index is 0.123. The maximum atomic E-state index is 12.4. The minimum atomic E-state index is 0.123. The first-order chi connectivity index (χ1) is 10.5. The fourth-order valence-corrected chi connectivity index (χ4v) is 3.14. The van der Waals surface area contributed by atoms with Crippen LogP contribution >= 0.6 is 11.6 Å². The zero-order chi connectivity index (χ0) is 15.9. The van der Waals surface area contributed by atoms with E-state index in [2.05, 4.69) is 28.7 Å². The molecule has 0 radical (unpaired) electrons. The average Bonchev–Trinajstić information content (AvgIpc) is 3.23. The van der Waals surface area contributed by atoms with Crippen molar-refractivity contribution in [2.24, 2.45) is 11.8 Å². The van der Waals surface area contributed by atoms with E-state index in [1.54, 1.807) is 6.20 Å². The molecular weight excluding hydrogens is 302 g/mol. The Labute approximate surface area is 134 Å². The molecule has 3 rings (SSSR count). The number of halogens is 1. The van der Waals surface area contributed by atoms with Crippen molar-refractivity contribution in [2.75, 3.05) is 24.5 Å². The molecule has 1 aromatic heterocycles. The number of nitrogens with zero attached hydrogens (tertiary/aromatic N) is 5. The Balaban J connectivity index is 1.68. The van der Waals surface area contributed by atoms with Gasteiger partial charge in [-0.25, -0.2) is 9.97 Å². The Kier molecular flexibility index (Phi) is 3.92. The van der Waals surface area contributed by atoms with Crippen LogP contribution in [-0.2, 0) is 4.79 Å². The van der Waals surface area contributed by atoms with Crippen LogP contribution in [-0.4, -0.2) is 46.5 Å². The van der Waals surface area contributed by atoms with Crippen molar-refractivity contribution < 1.29 is 4.79 Å². The van der Waals surface area contributed by atoms with E-state index in [-0.39, 0.29) is 28.7 Å². The summed E-state index contributed by atoms with van der Waals surface area (Å²) in [4.78, 5) is 24.7. The topological polar surface area (TPSA) is 73.1 Å². The third kappa shape index (κ3) is 2.73. The maximum absolute atomic E-state index is 12.4. The zero-order valence-corrected chi connectivity index (χ0v) is 13.4. The first-order valence-electron chi connectivity index (χ1n) is 7.49. The number of aromatic nitrogens is 2. The van der Waals surface area contributed by atoms with Gasteiger partial charge in [-0.1, -0.05) is 18.5 Å². The smallest absolute Gasteiger partial charge is 0.226 e. The first kappa shape index (κ1) is 15.0. The van der Waals surface area contributed by atoms with Crippen LogP contribution in [0.1, 0.15) is 26.0 Å². The molecule has 22 heavy (non-hydrogen) atoms. The van der Waals surface area contributed by atoms with E-state index in [9.17, 15) is 4.79 Å². The molecule has 1 amide bonds. The summed E-state index contributed by atoms with van der Waals surface area (Å²) in [5.74, 6) is 1.69. The highest BCUT2D eigenvalue weighted by molar-refractivity contribution is 6.30. The third-order valence-corrected chi connectivity index (χ3v) is 4.75. The van der Waals surface area contributed by atoms with Gasteiger partial charge in [-0.2, -0.15) is 5.26 Å². The minimum Gasteiger partial charge on any atom is -0.351 e. The summed E-state index contributed by atoms with van der Waals surface area (Å²) in [6.07, 6.45) is 2.58. The molecule has 1 aliphatic carbocycles. The van der Waals surface area contributed by atoms with Crippen LogP contribution in [0.15, 0.2) is 6.20 Å². The van der Waals surface area contributed by atoms with Gasteiger partial charge in [0, 0.05) is 31.6 Å². The number of carbonyl (C=O) groups is 1. The van der Waals surface area contributed by atoms with Crippen molar-refractivity contribution in [1.82, 2.24) is 14.9 Å². The van der Waals surface area contributed by atoms with Crippen molar-refractivity contribution in [3.63, 3.8) is 0 Å². The van der Waals surface area contributed by atoms with Gasteiger partial charge in [-0.15, -0.1) is 0 Å². The number of piperazine rings is 1. The van der Waals surface area contributed by atoms with Crippen molar-refractivity contribution in [2.45, 2.75) is 26.3 Å². The van der Waals surface area contributed by atoms with Crippen LogP contribution in [0.5, 0.6) is 0 Å². The lowest BCUT2D eigenvalue weighted by Crippen LogP contribution is -2.54. The van der Waals surface area contributed by atoms with E-state index in [1.807, 2.05) is 11.0 Å². The van der Waals surface area contributed by atoms with Crippen LogP contribution in [0.2, 0.25) is 5.15 Å². The van der Waals surface area contributed by atoms with Crippen LogP contribution in [0, 0.1) is 23.2 Å². The van der Waals surface area contributed by atoms with Gasteiger partial charge >= 0.3 is 0 Å². The summed E-state index contributed by atoms with van der Waals surface area (Å²) >= 11 is 5.94.